The van der Waals surface area contributed by atoms with E-state index >= 15 is 0 Å². The van der Waals surface area contributed by atoms with Gasteiger partial charge in [-0.15, -0.1) is 0 Å². The van der Waals surface area contributed by atoms with Gasteiger partial charge in [-0.2, -0.15) is 0 Å². The number of hydrogen-bond donors (Lipinski definition) is 0. The van der Waals surface area contributed by atoms with Crippen LogP contribution in [0.2, 0.25) is 0 Å². The first-order valence-electron chi connectivity index (χ1n) is 9.12. The van der Waals surface area contributed by atoms with Crippen LogP contribution < -0.4 is 0 Å². The van der Waals surface area contributed by atoms with Gasteiger partial charge >= 0.3 is 6.09 Å². The fraction of sp³-hybridized carbons (Fsp3) is 0.650. The Balaban J connectivity index is 1.55. The fourth-order valence-corrected chi connectivity index (χ4v) is 3.89. The van der Waals surface area contributed by atoms with Crippen LogP contribution in [0.4, 0.5) is 9.18 Å². The van der Waals surface area contributed by atoms with Gasteiger partial charge in [0.25, 0.3) is 0 Å². The summed E-state index contributed by atoms with van der Waals surface area (Å²) in [5.41, 5.74) is 1.21. The van der Waals surface area contributed by atoms with Gasteiger partial charge in [-0.25, -0.2) is 9.18 Å². The summed E-state index contributed by atoms with van der Waals surface area (Å²) in [6.45, 7) is 5.73. The second kappa shape index (κ2) is 7.32. The van der Waals surface area contributed by atoms with E-state index in [1.54, 1.807) is 6.07 Å². The van der Waals surface area contributed by atoms with Crippen LogP contribution in [-0.2, 0) is 22.8 Å². The molecule has 1 aromatic carbocycles. The highest BCUT2D eigenvalue weighted by molar-refractivity contribution is 5.69. The maximum absolute atomic E-state index is 12.8. The average Bonchev–Trinajstić information content (AvgIpc) is 2.83. The van der Waals surface area contributed by atoms with E-state index < -0.39 is 12.3 Å². The van der Waals surface area contributed by atoms with Gasteiger partial charge in [-0.1, -0.05) is 24.3 Å². The molecule has 138 valence electrons. The van der Waals surface area contributed by atoms with Crippen LogP contribution in [0.5, 0.6) is 0 Å². The fourth-order valence-electron chi connectivity index (χ4n) is 3.89. The van der Waals surface area contributed by atoms with E-state index in [1.807, 2.05) is 43.9 Å². The molecule has 5 heteroatoms. The number of rotatable bonds is 4. The zero-order valence-corrected chi connectivity index (χ0v) is 15.3. The molecule has 2 saturated heterocycles. The molecule has 0 N–H and O–H groups in total. The third-order valence-electron chi connectivity index (χ3n) is 4.93. The van der Waals surface area contributed by atoms with Crippen LogP contribution in [0.3, 0.4) is 0 Å². The zero-order valence-electron chi connectivity index (χ0n) is 15.3. The number of hydrogen-bond acceptors (Lipinski definition) is 3. The maximum atomic E-state index is 12.8. The predicted molar refractivity (Wildman–Crippen MR) is 93.9 cm³/mol. The van der Waals surface area contributed by atoms with E-state index in [0.29, 0.717) is 12.2 Å². The summed E-state index contributed by atoms with van der Waals surface area (Å²) in [7, 11) is 0. The Hall–Kier alpha value is -1.62. The number of carbonyl (C=O) groups excluding carboxylic acids is 1. The lowest BCUT2D eigenvalue weighted by atomic mass is 10.00. The summed E-state index contributed by atoms with van der Waals surface area (Å²) in [5.74, 6) is 0. The van der Waals surface area contributed by atoms with Crippen LogP contribution in [0.15, 0.2) is 24.3 Å². The summed E-state index contributed by atoms with van der Waals surface area (Å²) in [6, 6.07) is 7.87. The average molecular weight is 349 g/mol. The predicted octanol–water partition coefficient (Wildman–Crippen LogP) is 4.60. The van der Waals surface area contributed by atoms with Gasteiger partial charge in [0.1, 0.15) is 12.3 Å². The van der Waals surface area contributed by atoms with Gasteiger partial charge < -0.3 is 14.4 Å². The van der Waals surface area contributed by atoms with E-state index in [0.717, 1.165) is 31.2 Å². The highest BCUT2D eigenvalue weighted by atomic mass is 19.1. The van der Waals surface area contributed by atoms with Gasteiger partial charge in [0.05, 0.1) is 12.7 Å². The van der Waals surface area contributed by atoms with Crippen molar-refractivity contribution in [3.63, 3.8) is 0 Å². The summed E-state index contributed by atoms with van der Waals surface area (Å²) in [6.07, 6.45) is 3.67. The highest BCUT2D eigenvalue weighted by Crippen LogP contribution is 2.38. The van der Waals surface area contributed by atoms with Crippen LogP contribution in [0.25, 0.3) is 0 Å². The summed E-state index contributed by atoms with van der Waals surface area (Å²) in [4.78, 5) is 14.4. The molecular weight excluding hydrogens is 321 g/mol. The summed E-state index contributed by atoms with van der Waals surface area (Å²) >= 11 is 0. The van der Waals surface area contributed by atoms with E-state index in [4.69, 9.17) is 9.47 Å². The maximum Gasteiger partial charge on any atom is 0.410 e. The first kappa shape index (κ1) is 18.2. The zero-order chi connectivity index (χ0) is 18.0. The number of amides is 1. The number of nitrogens with zero attached hydrogens (tertiary/aromatic N) is 1. The lowest BCUT2D eigenvalue weighted by Gasteiger charge is -2.39. The normalized spacial score (nSPS) is 25.9. The van der Waals surface area contributed by atoms with Crippen molar-refractivity contribution in [3.8, 4) is 0 Å². The molecule has 2 aliphatic rings. The lowest BCUT2D eigenvalue weighted by Crippen LogP contribution is -2.50. The van der Waals surface area contributed by atoms with E-state index in [2.05, 4.69) is 0 Å². The van der Waals surface area contributed by atoms with Crippen molar-refractivity contribution in [2.45, 2.75) is 83.5 Å². The molecule has 2 heterocycles. The number of benzene rings is 1. The summed E-state index contributed by atoms with van der Waals surface area (Å²) < 4.78 is 24.4. The van der Waals surface area contributed by atoms with Crippen LogP contribution >= 0.6 is 0 Å². The molecule has 25 heavy (non-hydrogen) atoms. The number of ether oxygens (including phenoxy) is 2. The van der Waals surface area contributed by atoms with E-state index in [-0.39, 0.29) is 24.3 Å². The second-order valence-electron chi connectivity index (χ2n) is 8.13. The number of carbonyl (C=O) groups is 1. The molecule has 0 aromatic heterocycles. The van der Waals surface area contributed by atoms with Crippen LogP contribution in [0.1, 0.15) is 57.6 Å². The third-order valence-corrected chi connectivity index (χ3v) is 4.93. The highest BCUT2D eigenvalue weighted by Gasteiger charge is 2.45. The van der Waals surface area contributed by atoms with Crippen LogP contribution in [-0.4, -0.2) is 34.8 Å². The van der Waals surface area contributed by atoms with Gasteiger partial charge in [-0.3, -0.25) is 0 Å². The number of piperidine rings is 1. The smallest absolute Gasteiger partial charge is 0.410 e. The molecule has 0 saturated carbocycles. The van der Waals surface area contributed by atoms with Crippen molar-refractivity contribution in [2.24, 2.45) is 0 Å². The molecule has 4 nitrogen and oxygen atoms in total. The Morgan fingerprint density at radius 2 is 1.84 bits per heavy atom. The molecule has 3 atom stereocenters. The van der Waals surface area contributed by atoms with E-state index in [9.17, 15) is 9.18 Å². The van der Waals surface area contributed by atoms with Crippen molar-refractivity contribution >= 4 is 6.09 Å². The first-order valence-corrected chi connectivity index (χ1v) is 9.12. The minimum atomic E-state index is -0.467. The molecule has 0 aliphatic carbocycles. The number of fused-ring (bicyclic) bond motifs is 2. The van der Waals surface area contributed by atoms with Crippen molar-refractivity contribution in [2.75, 3.05) is 0 Å². The minimum absolute atomic E-state index is 0.144. The molecule has 2 aliphatic heterocycles. The van der Waals surface area contributed by atoms with E-state index in [1.165, 1.54) is 0 Å². The molecule has 1 amide bonds. The Morgan fingerprint density at radius 3 is 2.44 bits per heavy atom. The van der Waals surface area contributed by atoms with Gasteiger partial charge in [-0.05, 0) is 57.6 Å². The van der Waals surface area contributed by atoms with Crippen molar-refractivity contribution in [1.82, 2.24) is 4.90 Å². The summed E-state index contributed by atoms with van der Waals surface area (Å²) in [5, 5.41) is 0. The molecule has 3 rings (SSSR count). The largest absolute Gasteiger partial charge is 0.444 e. The molecule has 2 fully saturated rings. The quantitative estimate of drug-likeness (QED) is 0.797. The Labute approximate surface area is 149 Å². The first-order chi connectivity index (χ1) is 11.9. The minimum Gasteiger partial charge on any atom is -0.444 e. The Bertz CT molecular complexity index is 599. The molecule has 0 radical (unpaired) electrons. The topological polar surface area (TPSA) is 38.8 Å². The monoisotopic (exact) mass is 349 g/mol. The lowest BCUT2D eigenvalue weighted by molar-refractivity contribution is -0.0397. The molecular formula is C20H28FNO3. The molecule has 2 bridgehead atoms. The van der Waals surface area contributed by atoms with Gasteiger partial charge in [0.2, 0.25) is 0 Å². The van der Waals surface area contributed by atoms with Gasteiger partial charge in [0, 0.05) is 12.1 Å². The standard InChI is InChI=1S/C20H28FNO3/c1-20(2,3)25-19(23)22-16-7-8-17(22)11-18(10-16)24-13-15-6-4-5-14(9-15)12-21/h4-6,9,16-18H,7-8,10-13H2,1-3H3/t16-,17+,18?. The molecule has 0 spiro atoms. The Kier molecular flexibility index (Phi) is 5.32. The van der Waals surface area contributed by atoms with Crippen molar-refractivity contribution < 1.29 is 18.7 Å². The van der Waals surface area contributed by atoms with Gasteiger partial charge in [0.15, 0.2) is 0 Å². The Morgan fingerprint density at radius 1 is 1.20 bits per heavy atom. The van der Waals surface area contributed by atoms with Crippen molar-refractivity contribution in [1.29, 1.82) is 0 Å². The number of halogens is 1. The van der Waals surface area contributed by atoms with Crippen LogP contribution in [0, 0.1) is 0 Å². The molecule has 1 aromatic rings. The number of alkyl halides is 1. The molecule has 1 unspecified atom stereocenters. The third kappa shape index (κ3) is 4.51. The SMILES string of the molecule is CC(C)(C)OC(=O)N1[C@@H]2CC[C@H]1CC(OCc1cccc(CF)c1)C2. The second-order valence-corrected chi connectivity index (χ2v) is 8.13. The van der Waals surface area contributed by atoms with Crippen molar-refractivity contribution in [3.05, 3.63) is 35.4 Å².